The minimum atomic E-state index is -0.174. The van der Waals surface area contributed by atoms with Gasteiger partial charge < -0.3 is 15.5 Å². The third-order valence-corrected chi connectivity index (χ3v) is 4.60. The van der Waals surface area contributed by atoms with Crippen LogP contribution in [0.4, 0.5) is 0 Å². The van der Waals surface area contributed by atoms with Gasteiger partial charge >= 0.3 is 0 Å². The summed E-state index contributed by atoms with van der Waals surface area (Å²) in [4.78, 5) is 15.9. The molecule has 0 saturated carbocycles. The van der Waals surface area contributed by atoms with Gasteiger partial charge in [0.1, 0.15) is 0 Å². The zero-order valence-corrected chi connectivity index (χ0v) is 12.1. The van der Waals surface area contributed by atoms with Crippen molar-refractivity contribution in [1.29, 1.82) is 0 Å². The molecule has 4 heteroatoms. The van der Waals surface area contributed by atoms with Gasteiger partial charge in [0.15, 0.2) is 0 Å². The highest BCUT2D eigenvalue weighted by molar-refractivity contribution is 5.73. The summed E-state index contributed by atoms with van der Waals surface area (Å²) in [5.74, 6) is 0.689. The van der Waals surface area contributed by atoms with E-state index in [0.717, 1.165) is 25.6 Å². The maximum absolute atomic E-state index is 10.8. The second-order valence-corrected chi connectivity index (χ2v) is 6.22. The fourth-order valence-corrected chi connectivity index (χ4v) is 3.34. The fourth-order valence-electron chi connectivity index (χ4n) is 3.34. The lowest BCUT2D eigenvalue weighted by Crippen LogP contribution is -2.40. The molecule has 1 amide bonds. The number of hydrogen-bond acceptors (Lipinski definition) is 3. The van der Waals surface area contributed by atoms with Crippen molar-refractivity contribution in [2.24, 2.45) is 11.7 Å². The van der Waals surface area contributed by atoms with Gasteiger partial charge in [-0.3, -0.25) is 4.79 Å². The van der Waals surface area contributed by atoms with E-state index in [-0.39, 0.29) is 5.91 Å². The van der Waals surface area contributed by atoms with Crippen LogP contribution in [-0.4, -0.2) is 55.0 Å². The highest BCUT2D eigenvalue weighted by atomic mass is 16.1. The third kappa shape index (κ3) is 5.49. The molecular formula is C15H29N3O. The van der Waals surface area contributed by atoms with E-state index in [1.54, 1.807) is 0 Å². The van der Waals surface area contributed by atoms with Gasteiger partial charge in [-0.15, -0.1) is 0 Å². The van der Waals surface area contributed by atoms with Gasteiger partial charge in [0, 0.05) is 19.5 Å². The van der Waals surface area contributed by atoms with Crippen LogP contribution in [0.5, 0.6) is 0 Å². The van der Waals surface area contributed by atoms with Gasteiger partial charge in [-0.25, -0.2) is 0 Å². The first-order valence-electron chi connectivity index (χ1n) is 7.97. The average molecular weight is 267 g/mol. The molecule has 4 nitrogen and oxygen atoms in total. The Morgan fingerprint density at radius 1 is 0.947 bits per heavy atom. The molecule has 0 spiro atoms. The normalized spacial score (nSPS) is 24.2. The van der Waals surface area contributed by atoms with E-state index < -0.39 is 0 Å². The lowest BCUT2D eigenvalue weighted by Gasteiger charge is -2.34. The van der Waals surface area contributed by atoms with E-state index in [1.807, 2.05) is 0 Å². The van der Waals surface area contributed by atoms with E-state index in [2.05, 4.69) is 9.80 Å². The zero-order valence-electron chi connectivity index (χ0n) is 12.1. The average Bonchev–Trinajstić information content (AvgIpc) is 2.66. The second kappa shape index (κ2) is 7.85. The number of likely N-dealkylation sites (tertiary alicyclic amines) is 2. The molecule has 0 aromatic heterocycles. The highest BCUT2D eigenvalue weighted by Gasteiger charge is 2.21. The SMILES string of the molecule is NC(=O)CCN1CCC(CN2CCCCCC2)CC1. The van der Waals surface area contributed by atoms with Gasteiger partial charge in [0.05, 0.1) is 0 Å². The second-order valence-electron chi connectivity index (χ2n) is 6.22. The summed E-state index contributed by atoms with van der Waals surface area (Å²) in [7, 11) is 0. The Kier molecular flexibility index (Phi) is 6.11. The van der Waals surface area contributed by atoms with Gasteiger partial charge in [0.2, 0.25) is 5.91 Å². The van der Waals surface area contributed by atoms with Crippen LogP contribution in [0, 0.1) is 5.92 Å². The Bertz CT molecular complexity index is 267. The number of piperidine rings is 1. The standard InChI is InChI=1S/C15H29N3O/c16-15(19)7-12-17-10-5-14(6-11-17)13-18-8-3-1-2-4-9-18/h14H,1-13H2,(H2,16,19). The third-order valence-electron chi connectivity index (χ3n) is 4.60. The zero-order chi connectivity index (χ0) is 13.5. The van der Waals surface area contributed by atoms with Crippen LogP contribution < -0.4 is 5.73 Å². The molecule has 0 aromatic rings. The monoisotopic (exact) mass is 267 g/mol. The summed E-state index contributed by atoms with van der Waals surface area (Å²) in [5, 5.41) is 0. The lowest BCUT2D eigenvalue weighted by atomic mass is 9.96. The van der Waals surface area contributed by atoms with Crippen LogP contribution in [0.2, 0.25) is 0 Å². The molecule has 2 saturated heterocycles. The molecule has 2 aliphatic heterocycles. The number of nitrogens with two attached hydrogens (primary N) is 1. The number of rotatable bonds is 5. The minimum absolute atomic E-state index is 0.174. The Balaban J connectivity index is 1.63. The van der Waals surface area contributed by atoms with Crippen LogP contribution in [0.15, 0.2) is 0 Å². The highest BCUT2D eigenvalue weighted by Crippen LogP contribution is 2.20. The predicted octanol–water partition coefficient (Wildman–Crippen LogP) is 1.45. The summed E-state index contributed by atoms with van der Waals surface area (Å²) >= 11 is 0. The molecule has 2 N–H and O–H groups in total. The van der Waals surface area contributed by atoms with Crippen LogP contribution >= 0.6 is 0 Å². The molecule has 0 unspecified atom stereocenters. The van der Waals surface area contributed by atoms with Crippen molar-refractivity contribution in [2.45, 2.75) is 44.9 Å². The van der Waals surface area contributed by atoms with Crippen molar-refractivity contribution < 1.29 is 4.79 Å². The molecule has 2 rings (SSSR count). The molecule has 0 bridgehead atoms. The van der Waals surface area contributed by atoms with E-state index in [9.17, 15) is 4.79 Å². The smallest absolute Gasteiger partial charge is 0.218 e. The Morgan fingerprint density at radius 2 is 1.58 bits per heavy atom. The van der Waals surface area contributed by atoms with Crippen molar-refractivity contribution in [3.8, 4) is 0 Å². The van der Waals surface area contributed by atoms with Crippen LogP contribution in [0.3, 0.4) is 0 Å². The number of amides is 1. The van der Waals surface area contributed by atoms with E-state index in [1.165, 1.54) is 58.2 Å². The molecule has 0 aliphatic carbocycles. The summed E-state index contributed by atoms with van der Waals surface area (Å²) < 4.78 is 0. The van der Waals surface area contributed by atoms with Gasteiger partial charge in [-0.2, -0.15) is 0 Å². The Hall–Kier alpha value is -0.610. The molecule has 2 aliphatic rings. The summed E-state index contributed by atoms with van der Waals surface area (Å²) in [6, 6.07) is 0. The number of carbonyl (C=O) groups excluding carboxylic acids is 1. The van der Waals surface area contributed by atoms with Crippen molar-refractivity contribution >= 4 is 5.91 Å². The molecule has 110 valence electrons. The minimum Gasteiger partial charge on any atom is -0.370 e. The first-order chi connectivity index (χ1) is 9.24. The van der Waals surface area contributed by atoms with E-state index >= 15 is 0 Å². The van der Waals surface area contributed by atoms with E-state index in [4.69, 9.17) is 5.73 Å². The van der Waals surface area contributed by atoms with Gasteiger partial charge in [0.25, 0.3) is 0 Å². The van der Waals surface area contributed by atoms with Crippen molar-refractivity contribution in [2.75, 3.05) is 39.3 Å². The number of carbonyl (C=O) groups is 1. The summed E-state index contributed by atoms with van der Waals surface area (Å²) in [6.07, 6.45) is 8.69. The summed E-state index contributed by atoms with van der Waals surface area (Å²) in [5.41, 5.74) is 5.20. The molecular weight excluding hydrogens is 238 g/mol. The molecule has 2 heterocycles. The molecule has 0 atom stereocenters. The molecule has 0 radical (unpaired) electrons. The first kappa shape index (κ1) is 14.8. The largest absolute Gasteiger partial charge is 0.370 e. The predicted molar refractivity (Wildman–Crippen MR) is 77.9 cm³/mol. The van der Waals surface area contributed by atoms with Crippen molar-refractivity contribution in [1.82, 2.24) is 9.80 Å². The maximum Gasteiger partial charge on any atom is 0.218 e. The number of primary amides is 1. The number of nitrogens with zero attached hydrogens (tertiary/aromatic N) is 2. The maximum atomic E-state index is 10.8. The van der Waals surface area contributed by atoms with Crippen LogP contribution in [0.25, 0.3) is 0 Å². The quantitative estimate of drug-likeness (QED) is 0.820. The molecule has 2 fully saturated rings. The van der Waals surface area contributed by atoms with Crippen molar-refractivity contribution in [3.05, 3.63) is 0 Å². The topological polar surface area (TPSA) is 49.6 Å². The molecule has 0 aromatic carbocycles. The number of hydrogen-bond donors (Lipinski definition) is 1. The fraction of sp³-hybridized carbons (Fsp3) is 0.933. The first-order valence-corrected chi connectivity index (χ1v) is 7.97. The lowest BCUT2D eigenvalue weighted by molar-refractivity contribution is -0.118. The Labute approximate surface area is 117 Å². The summed E-state index contributed by atoms with van der Waals surface area (Å²) in [6.45, 7) is 7.05. The Morgan fingerprint density at radius 3 is 2.16 bits per heavy atom. The van der Waals surface area contributed by atoms with Crippen LogP contribution in [-0.2, 0) is 4.79 Å². The van der Waals surface area contributed by atoms with Crippen LogP contribution in [0.1, 0.15) is 44.9 Å². The molecule has 19 heavy (non-hydrogen) atoms. The van der Waals surface area contributed by atoms with E-state index in [0.29, 0.717) is 6.42 Å². The van der Waals surface area contributed by atoms with Gasteiger partial charge in [-0.05, 0) is 57.8 Å². The van der Waals surface area contributed by atoms with Gasteiger partial charge in [-0.1, -0.05) is 12.8 Å². The van der Waals surface area contributed by atoms with Crippen molar-refractivity contribution in [3.63, 3.8) is 0 Å².